The highest BCUT2D eigenvalue weighted by Crippen LogP contribution is 2.13. The molecule has 0 rings (SSSR count). The quantitative estimate of drug-likeness (QED) is 0.583. The Morgan fingerprint density at radius 2 is 1.67 bits per heavy atom. The molecule has 0 amide bonds. The molecule has 0 spiro atoms. The van der Waals surface area contributed by atoms with Gasteiger partial charge in [0.05, 0.1) is 11.2 Å². The maximum absolute atomic E-state index is 11.4. The van der Waals surface area contributed by atoms with E-state index in [9.17, 15) is 13.2 Å². The Bertz CT molecular complexity index is 379. The Morgan fingerprint density at radius 3 is 2.06 bits per heavy atom. The van der Waals surface area contributed by atoms with E-state index in [2.05, 4.69) is 5.32 Å². The van der Waals surface area contributed by atoms with E-state index in [0.29, 0.717) is 13.1 Å². The molecule has 0 fully saturated rings. The van der Waals surface area contributed by atoms with Gasteiger partial charge in [0.2, 0.25) is 0 Å². The van der Waals surface area contributed by atoms with Crippen molar-refractivity contribution in [3.63, 3.8) is 0 Å². The molecule has 6 heteroatoms. The first-order valence-electron chi connectivity index (χ1n) is 5.97. The van der Waals surface area contributed by atoms with Crippen molar-refractivity contribution in [2.75, 3.05) is 19.3 Å². The fraction of sp³-hybridized carbons (Fsp3) is 0.917. The van der Waals surface area contributed by atoms with Crippen molar-refractivity contribution in [1.82, 2.24) is 5.32 Å². The summed E-state index contributed by atoms with van der Waals surface area (Å²) >= 11 is 0. The zero-order valence-electron chi connectivity index (χ0n) is 12.2. The molecule has 0 unspecified atom stereocenters. The molecule has 108 valence electrons. The Morgan fingerprint density at radius 1 is 1.17 bits per heavy atom. The molecule has 0 saturated heterocycles. The highest BCUT2D eigenvalue weighted by Gasteiger charge is 2.29. The summed E-state index contributed by atoms with van der Waals surface area (Å²) in [4.78, 5) is 11.4. The molecular formula is C12H25NO4S. The summed E-state index contributed by atoms with van der Waals surface area (Å²) < 4.78 is 27.2. The van der Waals surface area contributed by atoms with Crippen LogP contribution in [-0.4, -0.2) is 44.1 Å². The average Bonchev–Trinajstić information content (AvgIpc) is 2.07. The molecule has 0 bridgehead atoms. The van der Waals surface area contributed by atoms with Crippen molar-refractivity contribution in [1.29, 1.82) is 0 Å². The van der Waals surface area contributed by atoms with Crippen LogP contribution in [-0.2, 0) is 19.4 Å². The number of sulfone groups is 1. The Balaban J connectivity index is 3.99. The van der Waals surface area contributed by atoms with Crippen molar-refractivity contribution in [3.05, 3.63) is 0 Å². The maximum atomic E-state index is 11.4. The second-order valence-electron chi connectivity index (χ2n) is 6.05. The second kappa shape index (κ2) is 6.02. The maximum Gasteiger partial charge on any atom is 0.307 e. The average molecular weight is 279 g/mol. The molecule has 0 saturated carbocycles. The van der Waals surface area contributed by atoms with Crippen molar-refractivity contribution in [3.8, 4) is 0 Å². The molecule has 0 heterocycles. The minimum atomic E-state index is -3.11. The summed E-state index contributed by atoms with van der Waals surface area (Å²) in [6, 6.07) is 0. The minimum Gasteiger partial charge on any atom is -0.460 e. The Kier molecular flexibility index (Phi) is 5.81. The van der Waals surface area contributed by atoms with Gasteiger partial charge in [0, 0.05) is 19.3 Å². The molecule has 0 aliphatic carbocycles. The first-order valence-corrected chi connectivity index (χ1v) is 7.86. The van der Waals surface area contributed by atoms with Crippen molar-refractivity contribution in [2.24, 2.45) is 0 Å². The first kappa shape index (κ1) is 17.4. The van der Waals surface area contributed by atoms with Crippen LogP contribution in [0.15, 0.2) is 0 Å². The summed E-state index contributed by atoms with van der Waals surface area (Å²) in [6.45, 7) is 9.47. The van der Waals surface area contributed by atoms with E-state index in [1.165, 1.54) is 6.26 Å². The highest BCUT2D eigenvalue weighted by atomic mass is 32.2. The third kappa shape index (κ3) is 6.96. The number of nitrogens with one attached hydrogen (secondary N) is 1. The predicted octanol–water partition coefficient (Wildman–Crippen LogP) is 1.13. The van der Waals surface area contributed by atoms with Gasteiger partial charge in [0.15, 0.2) is 9.84 Å². The standard InChI is InChI=1S/C12H25NO4S/c1-11(2,3)17-10(14)7-8-13-9-12(4,5)18(6,15)16/h13H,7-9H2,1-6H3. The number of ether oxygens (including phenoxy) is 1. The largest absolute Gasteiger partial charge is 0.460 e. The van der Waals surface area contributed by atoms with Gasteiger partial charge in [-0.3, -0.25) is 4.79 Å². The van der Waals surface area contributed by atoms with Gasteiger partial charge in [0.25, 0.3) is 0 Å². The topological polar surface area (TPSA) is 72.5 Å². The molecule has 0 aromatic heterocycles. The molecule has 5 nitrogen and oxygen atoms in total. The van der Waals surface area contributed by atoms with E-state index in [-0.39, 0.29) is 12.4 Å². The van der Waals surface area contributed by atoms with Gasteiger partial charge in [0.1, 0.15) is 5.60 Å². The zero-order chi connectivity index (χ0) is 14.6. The van der Waals surface area contributed by atoms with Crippen LogP contribution in [0, 0.1) is 0 Å². The number of carbonyl (C=O) groups is 1. The number of hydrogen-bond acceptors (Lipinski definition) is 5. The lowest BCUT2D eigenvalue weighted by Crippen LogP contribution is -2.42. The SMILES string of the molecule is CC(C)(C)OC(=O)CCNCC(C)(C)S(C)(=O)=O. The van der Waals surface area contributed by atoms with E-state index in [4.69, 9.17) is 4.74 Å². The Hall–Kier alpha value is -0.620. The van der Waals surface area contributed by atoms with Crippen LogP contribution < -0.4 is 5.32 Å². The third-order valence-electron chi connectivity index (χ3n) is 2.48. The summed E-state index contributed by atoms with van der Waals surface area (Å²) in [7, 11) is -3.11. The van der Waals surface area contributed by atoms with Crippen LogP contribution in [0.5, 0.6) is 0 Å². The monoisotopic (exact) mass is 279 g/mol. The van der Waals surface area contributed by atoms with E-state index < -0.39 is 20.2 Å². The smallest absolute Gasteiger partial charge is 0.307 e. The molecule has 0 aliphatic rings. The lowest BCUT2D eigenvalue weighted by Gasteiger charge is -2.23. The first-order chi connectivity index (χ1) is 7.85. The fourth-order valence-corrected chi connectivity index (χ4v) is 1.47. The van der Waals surface area contributed by atoms with E-state index in [1.807, 2.05) is 20.8 Å². The van der Waals surface area contributed by atoms with Gasteiger partial charge in [-0.15, -0.1) is 0 Å². The van der Waals surface area contributed by atoms with Gasteiger partial charge < -0.3 is 10.1 Å². The number of carbonyl (C=O) groups excluding carboxylic acids is 1. The van der Waals surface area contributed by atoms with Gasteiger partial charge >= 0.3 is 5.97 Å². The van der Waals surface area contributed by atoms with Gasteiger partial charge in [-0.2, -0.15) is 0 Å². The van der Waals surface area contributed by atoms with Crippen LogP contribution in [0.25, 0.3) is 0 Å². The number of hydrogen-bond donors (Lipinski definition) is 1. The van der Waals surface area contributed by atoms with Crippen molar-refractivity contribution in [2.45, 2.75) is 51.4 Å². The summed E-state index contributed by atoms with van der Waals surface area (Å²) in [6.07, 6.45) is 1.44. The summed E-state index contributed by atoms with van der Waals surface area (Å²) in [5.74, 6) is -0.285. The molecule has 0 radical (unpaired) electrons. The van der Waals surface area contributed by atoms with E-state index in [0.717, 1.165) is 0 Å². The normalized spacial score (nSPS) is 13.4. The number of rotatable bonds is 6. The Labute approximate surface area is 110 Å². The zero-order valence-corrected chi connectivity index (χ0v) is 13.0. The molecule has 0 aliphatic heterocycles. The van der Waals surface area contributed by atoms with E-state index in [1.54, 1.807) is 13.8 Å². The fourth-order valence-electron chi connectivity index (χ4n) is 1.10. The number of esters is 1. The van der Waals surface area contributed by atoms with Crippen LogP contribution in [0.2, 0.25) is 0 Å². The van der Waals surface area contributed by atoms with Crippen molar-refractivity contribution >= 4 is 15.8 Å². The molecule has 18 heavy (non-hydrogen) atoms. The van der Waals surface area contributed by atoms with Gasteiger partial charge in [-0.25, -0.2) is 8.42 Å². The lowest BCUT2D eigenvalue weighted by molar-refractivity contribution is -0.154. The molecular weight excluding hydrogens is 254 g/mol. The highest BCUT2D eigenvalue weighted by molar-refractivity contribution is 7.92. The summed E-state index contributed by atoms with van der Waals surface area (Å²) in [5, 5.41) is 2.97. The minimum absolute atomic E-state index is 0.233. The molecule has 0 atom stereocenters. The van der Waals surface area contributed by atoms with Crippen molar-refractivity contribution < 1.29 is 17.9 Å². The van der Waals surface area contributed by atoms with Crippen LogP contribution in [0.1, 0.15) is 41.0 Å². The predicted molar refractivity (Wildman–Crippen MR) is 72.3 cm³/mol. The van der Waals surface area contributed by atoms with Gasteiger partial charge in [-0.05, 0) is 34.6 Å². The van der Waals surface area contributed by atoms with Gasteiger partial charge in [-0.1, -0.05) is 0 Å². The van der Waals surface area contributed by atoms with Crippen LogP contribution >= 0.6 is 0 Å². The van der Waals surface area contributed by atoms with E-state index >= 15 is 0 Å². The van der Waals surface area contributed by atoms with Crippen LogP contribution in [0.3, 0.4) is 0 Å². The molecule has 1 N–H and O–H groups in total. The lowest BCUT2D eigenvalue weighted by atomic mass is 10.2. The van der Waals surface area contributed by atoms with Crippen LogP contribution in [0.4, 0.5) is 0 Å². The third-order valence-corrected chi connectivity index (χ3v) is 4.63. The second-order valence-corrected chi connectivity index (χ2v) is 8.69. The summed E-state index contributed by atoms with van der Waals surface area (Å²) in [5.41, 5.74) is -0.483. The molecule has 0 aromatic carbocycles. The molecule has 0 aromatic rings.